The minimum absolute atomic E-state index is 0.00228. The Labute approximate surface area is 136 Å². The molecule has 3 rings (SSSR count). The zero-order chi connectivity index (χ0) is 16.4. The van der Waals surface area contributed by atoms with Gasteiger partial charge >= 0.3 is 0 Å². The number of carbonyl (C=O) groups is 1. The molecule has 0 saturated heterocycles. The minimum Gasteiger partial charge on any atom is -0.389 e. The maximum absolute atomic E-state index is 11.3. The Kier molecular flexibility index (Phi) is 4.42. The summed E-state index contributed by atoms with van der Waals surface area (Å²) in [7, 11) is 0. The van der Waals surface area contributed by atoms with E-state index in [0.29, 0.717) is 0 Å². The summed E-state index contributed by atoms with van der Waals surface area (Å²) in [5.41, 5.74) is 5.05. The zero-order valence-electron chi connectivity index (χ0n) is 13.3. The van der Waals surface area contributed by atoms with Crippen molar-refractivity contribution >= 4 is 17.4 Å². The summed E-state index contributed by atoms with van der Waals surface area (Å²) in [5, 5.41) is 9.83. The SMILES string of the molecule is CC(=O)COC1C(c2ccccc2)=Cc2ccc(C(C)O)cc21. The van der Waals surface area contributed by atoms with E-state index in [4.69, 9.17) is 4.74 Å². The molecule has 0 heterocycles. The summed E-state index contributed by atoms with van der Waals surface area (Å²) in [5.74, 6) is -0.00228. The standard InChI is InChI=1S/C20H20O3/c1-13(21)12-23-20-18(15-6-4-3-5-7-15)11-17-9-8-16(14(2)22)10-19(17)20/h3-11,14,20,22H,12H2,1-2H3. The molecule has 2 unspecified atom stereocenters. The molecule has 1 N–H and O–H groups in total. The van der Waals surface area contributed by atoms with Crippen LogP contribution in [0, 0.1) is 0 Å². The number of fused-ring (bicyclic) bond motifs is 1. The highest BCUT2D eigenvalue weighted by atomic mass is 16.5. The first kappa shape index (κ1) is 15.7. The van der Waals surface area contributed by atoms with Crippen molar-refractivity contribution in [3.8, 4) is 0 Å². The lowest BCUT2D eigenvalue weighted by Gasteiger charge is -2.18. The fourth-order valence-electron chi connectivity index (χ4n) is 2.87. The Morgan fingerprint density at radius 2 is 1.96 bits per heavy atom. The van der Waals surface area contributed by atoms with Gasteiger partial charge in [0.2, 0.25) is 0 Å². The van der Waals surface area contributed by atoms with E-state index in [9.17, 15) is 9.90 Å². The number of aliphatic hydroxyl groups is 1. The molecule has 2 atom stereocenters. The molecule has 0 radical (unpaired) electrons. The summed E-state index contributed by atoms with van der Waals surface area (Å²) in [6.07, 6.45) is 1.28. The number of hydrogen-bond donors (Lipinski definition) is 1. The van der Waals surface area contributed by atoms with Crippen LogP contribution in [0.4, 0.5) is 0 Å². The second-order valence-corrected chi connectivity index (χ2v) is 5.92. The Balaban J connectivity index is 2.01. The van der Waals surface area contributed by atoms with Crippen molar-refractivity contribution in [1.29, 1.82) is 0 Å². The van der Waals surface area contributed by atoms with Gasteiger partial charge in [0.25, 0.3) is 0 Å². The summed E-state index contributed by atoms with van der Waals surface area (Å²) in [6.45, 7) is 3.34. The number of benzene rings is 2. The predicted octanol–water partition coefficient (Wildman–Crippen LogP) is 3.94. The molecule has 0 aromatic heterocycles. The monoisotopic (exact) mass is 308 g/mol. The van der Waals surface area contributed by atoms with Crippen LogP contribution < -0.4 is 0 Å². The van der Waals surface area contributed by atoms with Crippen LogP contribution in [0.3, 0.4) is 0 Å². The molecular formula is C20H20O3. The van der Waals surface area contributed by atoms with Gasteiger partial charge in [0.1, 0.15) is 12.7 Å². The van der Waals surface area contributed by atoms with Crippen molar-refractivity contribution in [3.63, 3.8) is 0 Å². The van der Waals surface area contributed by atoms with E-state index in [0.717, 1.165) is 27.8 Å². The first-order chi connectivity index (χ1) is 11.1. The van der Waals surface area contributed by atoms with E-state index in [2.05, 4.69) is 6.08 Å². The van der Waals surface area contributed by atoms with Crippen molar-refractivity contribution in [1.82, 2.24) is 0 Å². The Morgan fingerprint density at radius 1 is 1.22 bits per heavy atom. The van der Waals surface area contributed by atoms with E-state index in [1.165, 1.54) is 6.92 Å². The van der Waals surface area contributed by atoms with Crippen LogP contribution in [0.1, 0.15) is 48.3 Å². The van der Waals surface area contributed by atoms with E-state index < -0.39 is 6.10 Å². The van der Waals surface area contributed by atoms with Crippen LogP contribution in [-0.4, -0.2) is 17.5 Å². The number of Topliss-reactive ketones (excluding diaryl/α,β-unsaturated/α-hetero) is 1. The van der Waals surface area contributed by atoms with E-state index in [1.54, 1.807) is 6.92 Å². The summed E-state index contributed by atoms with van der Waals surface area (Å²) >= 11 is 0. The topological polar surface area (TPSA) is 46.5 Å². The van der Waals surface area contributed by atoms with Crippen LogP contribution in [-0.2, 0) is 9.53 Å². The van der Waals surface area contributed by atoms with Gasteiger partial charge in [-0.25, -0.2) is 0 Å². The molecule has 0 spiro atoms. The molecule has 0 saturated carbocycles. The first-order valence-electron chi connectivity index (χ1n) is 7.76. The fourth-order valence-corrected chi connectivity index (χ4v) is 2.87. The van der Waals surface area contributed by atoms with E-state index in [-0.39, 0.29) is 18.5 Å². The van der Waals surface area contributed by atoms with Crippen LogP contribution in [0.25, 0.3) is 11.6 Å². The zero-order valence-corrected chi connectivity index (χ0v) is 13.3. The lowest BCUT2D eigenvalue weighted by molar-refractivity contribution is -0.122. The largest absolute Gasteiger partial charge is 0.389 e. The molecule has 118 valence electrons. The molecule has 3 heteroatoms. The van der Waals surface area contributed by atoms with Gasteiger partial charge in [-0.3, -0.25) is 4.79 Å². The van der Waals surface area contributed by atoms with Crippen molar-refractivity contribution in [3.05, 3.63) is 70.8 Å². The Morgan fingerprint density at radius 3 is 2.61 bits per heavy atom. The minimum atomic E-state index is -0.533. The summed E-state index contributed by atoms with van der Waals surface area (Å²) in [6, 6.07) is 15.9. The number of ketones is 1. The molecule has 0 bridgehead atoms. The molecule has 1 aliphatic carbocycles. The van der Waals surface area contributed by atoms with Gasteiger partial charge in [-0.15, -0.1) is 0 Å². The van der Waals surface area contributed by atoms with Gasteiger partial charge in [0, 0.05) is 0 Å². The van der Waals surface area contributed by atoms with Crippen molar-refractivity contribution in [2.75, 3.05) is 6.61 Å². The third kappa shape index (κ3) is 3.26. The predicted molar refractivity (Wildman–Crippen MR) is 90.8 cm³/mol. The molecule has 23 heavy (non-hydrogen) atoms. The normalized spacial score (nSPS) is 17.5. The molecule has 1 aliphatic rings. The molecule has 3 nitrogen and oxygen atoms in total. The van der Waals surface area contributed by atoms with Gasteiger partial charge in [-0.2, -0.15) is 0 Å². The molecule has 2 aromatic rings. The smallest absolute Gasteiger partial charge is 0.155 e. The van der Waals surface area contributed by atoms with Gasteiger partial charge in [-0.05, 0) is 53.8 Å². The third-order valence-electron chi connectivity index (χ3n) is 4.03. The van der Waals surface area contributed by atoms with Gasteiger partial charge < -0.3 is 9.84 Å². The van der Waals surface area contributed by atoms with Gasteiger partial charge in [0.15, 0.2) is 5.78 Å². The molecular weight excluding hydrogens is 288 g/mol. The molecule has 0 amide bonds. The second-order valence-electron chi connectivity index (χ2n) is 5.92. The molecule has 0 aliphatic heterocycles. The van der Waals surface area contributed by atoms with Crippen molar-refractivity contribution in [2.24, 2.45) is 0 Å². The van der Waals surface area contributed by atoms with Gasteiger partial charge in [0.05, 0.1) is 6.10 Å². The van der Waals surface area contributed by atoms with Crippen molar-refractivity contribution < 1.29 is 14.6 Å². The van der Waals surface area contributed by atoms with Crippen LogP contribution in [0.15, 0.2) is 48.5 Å². The van der Waals surface area contributed by atoms with Crippen LogP contribution >= 0.6 is 0 Å². The molecule has 0 fully saturated rings. The number of rotatable bonds is 5. The number of hydrogen-bond acceptors (Lipinski definition) is 3. The maximum Gasteiger partial charge on any atom is 0.155 e. The Hall–Kier alpha value is -2.23. The lowest BCUT2D eigenvalue weighted by atomic mass is 9.98. The third-order valence-corrected chi connectivity index (χ3v) is 4.03. The highest BCUT2D eigenvalue weighted by Gasteiger charge is 2.28. The van der Waals surface area contributed by atoms with Crippen molar-refractivity contribution in [2.45, 2.75) is 26.1 Å². The van der Waals surface area contributed by atoms with Crippen LogP contribution in [0.2, 0.25) is 0 Å². The fraction of sp³-hybridized carbons (Fsp3) is 0.250. The number of carbonyl (C=O) groups excluding carboxylic acids is 1. The van der Waals surface area contributed by atoms with E-state index in [1.807, 2.05) is 48.5 Å². The van der Waals surface area contributed by atoms with Crippen LogP contribution in [0.5, 0.6) is 0 Å². The Bertz CT molecular complexity index is 745. The highest BCUT2D eigenvalue weighted by molar-refractivity contribution is 5.91. The van der Waals surface area contributed by atoms with E-state index >= 15 is 0 Å². The van der Waals surface area contributed by atoms with Gasteiger partial charge in [-0.1, -0.05) is 42.5 Å². The second kappa shape index (κ2) is 6.49. The molecule has 2 aromatic carbocycles. The number of ether oxygens (including phenoxy) is 1. The summed E-state index contributed by atoms with van der Waals surface area (Å²) < 4.78 is 5.89. The number of aliphatic hydroxyl groups excluding tert-OH is 1. The summed E-state index contributed by atoms with van der Waals surface area (Å²) in [4.78, 5) is 11.3. The first-order valence-corrected chi connectivity index (χ1v) is 7.76. The lowest BCUT2D eigenvalue weighted by Crippen LogP contribution is -2.11. The maximum atomic E-state index is 11.3. The average molecular weight is 308 g/mol. The average Bonchev–Trinajstić information content (AvgIpc) is 2.91. The highest BCUT2D eigenvalue weighted by Crippen LogP contribution is 2.43. The quantitative estimate of drug-likeness (QED) is 0.910.